The maximum absolute atomic E-state index is 12.3. The van der Waals surface area contributed by atoms with E-state index in [2.05, 4.69) is 30.9 Å². The Bertz CT molecular complexity index is 975. The first kappa shape index (κ1) is 21.8. The van der Waals surface area contributed by atoms with Gasteiger partial charge in [-0.05, 0) is 50.2 Å². The quantitative estimate of drug-likeness (QED) is 0.518. The van der Waals surface area contributed by atoms with Crippen LogP contribution < -0.4 is 20.9 Å². The third-order valence-corrected chi connectivity index (χ3v) is 5.01. The van der Waals surface area contributed by atoms with Gasteiger partial charge in [0.1, 0.15) is 18.7 Å². The predicted molar refractivity (Wildman–Crippen MR) is 121 cm³/mol. The molecule has 0 radical (unpaired) electrons. The molecule has 0 saturated heterocycles. The Kier molecular flexibility index (Phi) is 7.21. The van der Waals surface area contributed by atoms with Crippen LogP contribution in [-0.2, 0) is 4.79 Å². The molecule has 0 aliphatic heterocycles. The second-order valence-electron chi connectivity index (χ2n) is 7.25. The summed E-state index contributed by atoms with van der Waals surface area (Å²) < 4.78 is 1.48. The lowest BCUT2D eigenvalue weighted by atomic mass is 10.2. The van der Waals surface area contributed by atoms with E-state index >= 15 is 0 Å². The summed E-state index contributed by atoms with van der Waals surface area (Å²) in [5, 5.41) is 12.5. The second-order valence-corrected chi connectivity index (χ2v) is 7.25. The van der Waals surface area contributed by atoms with E-state index in [9.17, 15) is 9.59 Å². The number of hydrogen-bond acceptors (Lipinski definition) is 5. The van der Waals surface area contributed by atoms with Crippen LogP contribution in [0.3, 0.4) is 0 Å². The van der Waals surface area contributed by atoms with Crippen molar-refractivity contribution >= 4 is 29.0 Å². The van der Waals surface area contributed by atoms with Crippen LogP contribution in [-0.4, -0.2) is 46.3 Å². The van der Waals surface area contributed by atoms with E-state index in [1.165, 1.54) is 17.3 Å². The van der Waals surface area contributed by atoms with Gasteiger partial charge in [0.15, 0.2) is 0 Å². The number of nitrogens with zero attached hydrogens (tertiary/aromatic N) is 4. The van der Waals surface area contributed by atoms with Gasteiger partial charge in [0.25, 0.3) is 0 Å². The Morgan fingerprint density at radius 1 is 1.00 bits per heavy atom. The lowest BCUT2D eigenvalue weighted by Crippen LogP contribution is -2.41. The maximum atomic E-state index is 12.3. The van der Waals surface area contributed by atoms with Crippen molar-refractivity contribution < 1.29 is 9.59 Å². The molecule has 1 heterocycles. The first-order valence-electron chi connectivity index (χ1n) is 10.0. The predicted octanol–water partition coefficient (Wildman–Crippen LogP) is 3.12. The summed E-state index contributed by atoms with van der Waals surface area (Å²) in [4.78, 5) is 30.5. The van der Waals surface area contributed by atoms with Crippen molar-refractivity contribution in [1.82, 2.24) is 20.1 Å². The van der Waals surface area contributed by atoms with Crippen molar-refractivity contribution in [3.05, 3.63) is 67.3 Å². The Balaban J connectivity index is 1.46. The molecule has 3 N–H and O–H groups in total. The molecule has 9 nitrogen and oxygen atoms in total. The monoisotopic (exact) mass is 421 g/mol. The second kappa shape index (κ2) is 10.2. The molecule has 9 heteroatoms. The van der Waals surface area contributed by atoms with Gasteiger partial charge >= 0.3 is 6.03 Å². The number of benzene rings is 2. The van der Waals surface area contributed by atoms with Gasteiger partial charge in [-0.15, -0.1) is 0 Å². The minimum Gasteiger partial charge on any atom is -0.370 e. The van der Waals surface area contributed by atoms with Crippen LogP contribution in [0.2, 0.25) is 0 Å². The average molecular weight is 422 g/mol. The number of anilines is 3. The average Bonchev–Trinajstić information content (AvgIpc) is 3.33. The van der Waals surface area contributed by atoms with Crippen molar-refractivity contribution in [3.63, 3.8) is 0 Å². The zero-order valence-corrected chi connectivity index (χ0v) is 17.8. The lowest BCUT2D eigenvalue weighted by molar-refractivity contribution is -0.119. The summed E-state index contributed by atoms with van der Waals surface area (Å²) in [5.41, 5.74) is 2.35. The first-order chi connectivity index (χ1) is 14.9. The molecule has 0 aliphatic carbocycles. The van der Waals surface area contributed by atoms with E-state index in [0.29, 0.717) is 17.9 Å². The first-order valence-corrected chi connectivity index (χ1v) is 10.0. The van der Waals surface area contributed by atoms with Crippen molar-refractivity contribution in [1.29, 1.82) is 0 Å². The van der Waals surface area contributed by atoms with Crippen LogP contribution in [0.1, 0.15) is 19.9 Å². The van der Waals surface area contributed by atoms with Gasteiger partial charge in [0.2, 0.25) is 5.91 Å². The molecule has 2 aromatic carbocycles. The Morgan fingerprint density at radius 3 is 2.26 bits per heavy atom. The highest BCUT2D eigenvalue weighted by molar-refractivity contribution is 5.94. The van der Waals surface area contributed by atoms with Crippen molar-refractivity contribution in [2.45, 2.75) is 25.9 Å². The molecule has 0 unspecified atom stereocenters. The van der Waals surface area contributed by atoms with Crippen LogP contribution in [0.15, 0.2) is 67.3 Å². The molecule has 0 aliphatic rings. The van der Waals surface area contributed by atoms with Crippen molar-refractivity contribution in [2.24, 2.45) is 0 Å². The van der Waals surface area contributed by atoms with Crippen LogP contribution in [0.5, 0.6) is 0 Å². The summed E-state index contributed by atoms with van der Waals surface area (Å²) in [6, 6.07) is 16.3. The third kappa shape index (κ3) is 6.05. The Morgan fingerprint density at radius 2 is 1.65 bits per heavy atom. The zero-order valence-electron chi connectivity index (χ0n) is 17.8. The summed E-state index contributed by atoms with van der Waals surface area (Å²) in [5.74, 6) is -0.208. The number of nitrogens with one attached hydrogen (secondary N) is 3. The number of rotatable bonds is 8. The molecule has 1 aromatic heterocycles. The van der Waals surface area contributed by atoms with E-state index < -0.39 is 6.04 Å². The zero-order chi connectivity index (χ0) is 22.2. The molecule has 162 valence electrons. The third-order valence-electron chi connectivity index (χ3n) is 5.01. The molecule has 3 amide bonds. The number of urea groups is 1. The normalized spacial score (nSPS) is 12.5. The van der Waals surface area contributed by atoms with E-state index in [1.54, 1.807) is 31.2 Å². The molecular formula is C22H27N7O2. The van der Waals surface area contributed by atoms with Crippen LogP contribution in [0.25, 0.3) is 0 Å². The standard InChI is InChI=1S/C22H27N7O2/c1-16(28(3)20-7-5-4-6-8-20)13-24-22(31)27-19-11-9-18(10-12-19)26-21(30)17(2)29-15-23-14-25-29/h4-12,14-17H,13H2,1-3H3,(H,26,30)(H2,24,27,31)/t16-,17+/m0/s1. The summed E-state index contributed by atoms with van der Waals surface area (Å²) in [6.07, 6.45) is 2.88. The maximum Gasteiger partial charge on any atom is 0.319 e. The molecule has 0 bridgehead atoms. The highest BCUT2D eigenvalue weighted by atomic mass is 16.2. The summed E-state index contributed by atoms with van der Waals surface area (Å²) in [6.45, 7) is 4.27. The molecular weight excluding hydrogens is 394 g/mol. The molecule has 3 aromatic rings. The van der Waals surface area contributed by atoms with Gasteiger partial charge in [-0.1, -0.05) is 18.2 Å². The highest BCUT2D eigenvalue weighted by Crippen LogP contribution is 2.16. The highest BCUT2D eigenvalue weighted by Gasteiger charge is 2.15. The number of carbonyl (C=O) groups is 2. The lowest BCUT2D eigenvalue weighted by Gasteiger charge is -2.27. The van der Waals surface area contributed by atoms with Crippen LogP contribution in [0, 0.1) is 0 Å². The topological polar surface area (TPSA) is 104 Å². The molecule has 0 spiro atoms. The van der Waals surface area contributed by atoms with Gasteiger partial charge < -0.3 is 20.9 Å². The van der Waals surface area contributed by atoms with E-state index in [0.717, 1.165) is 5.69 Å². The number of hydrogen-bond donors (Lipinski definition) is 3. The van der Waals surface area contributed by atoms with Crippen LogP contribution in [0.4, 0.5) is 21.9 Å². The summed E-state index contributed by atoms with van der Waals surface area (Å²) >= 11 is 0. The van der Waals surface area contributed by atoms with E-state index in [4.69, 9.17) is 0 Å². The van der Waals surface area contributed by atoms with Gasteiger partial charge in [-0.2, -0.15) is 5.10 Å². The van der Waals surface area contributed by atoms with Gasteiger partial charge in [0.05, 0.1) is 0 Å². The Labute approximate surface area is 181 Å². The summed E-state index contributed by atoms with van der Waals surface area (Å²) in [7, 11) is 2.00. The van der Waals surface area contributed by atoms with E-state index in [-0.39, 0.29) is 18.0 Å². The number of likely N-dealkylation sites (N-methyl/N-ethyl adjacent to an activating group) is 1. The molecule has 2 atom stereocenters. The number of aromatic nitrogens is 3. The van der Waals surface area contributed by atoms with Crippen molar-refractivity contribution in [2.75, 3.05) is 29.1 Å². The van der Waals surface area contributed by atoms with Gasteiger partial charge in [-0.25, -0.2) is 14.5 Å². The molecule has 31 heavy (non-hydrogen) atoms. The van der Waals surface area contributed by atoms with Gasteiger partial charge in [0, 0.05) is 36.7 Å². The van der Waals surface area contributed by atoms with Crippen LogP contribution >= 0.6 is 0 Å². The number of carbonyl (C=O) groups excluding carboxylic acids is 2. The fraction of sp³-hybridized carbons (Fsp3) is 0.273. The van der Waals surface area contributed by atoms with Gasteiger partial charge in [-0.3, -0.25) is 4.79 Å². The smallest absolute Gasteiger partial charge is 0.319 e. The fourth-order valence-electron chi connectivity index (χ4n) is 2.89. The largest absolute Gasteiger partial charge is 0.370 e. The molecule has 3 rings (SSSR count). The fourth-order valence-corrected chi connectivity index (χ4v) is 2.89. The number of amides is 3. The van der Waals surface area contributed by atoms with Crippen molar-refractivity contribution in [3.8, 4) is 0 Å². The minimum atomic E-state index is -0.484. The SMILES string of the molecule is C[C@H](C(=O)Nc1ccc(NC(=O)NC[C@H](C)N(C)c2ccccc2)cc1)n1cncn1. The molecule has 0 saturated carbocycles. The van der Waals surface area contributed by atoms with E-state index in [1.807, 2.05) is 44.3 Å². The number of para-hydroxylation sites is 1. The minimum absolute atomic E-state index is 0.123. The molecule has 0 fully saturated rings. The Hall–Kier alpha value is -3.88.